The molecule has 0 bridgehead atoms. The van der Waals surface area contributed by atoms with Gasteiger partial charge in [0.25, 0.3) is 0 Å². The molecule has 3 heterocycles. The molecule has 24 heavy (non-hydrogen) atoms. The fourth-order valence-electron chi connectivity index (χ4n) is 2.57. The van der Waals surface area contributed by atoms with Crippen molar-refractivity contribution in [2.75, 3.05) is 0 Å². The Morgan fingerprint density at radius 2 is 2.12 bits per heavy atom. The van der Waals surface area contributed by atoms with Crippen LogP contribution in [0, 0.1) is 6.92 Å². The van der Waals surface area contributed by atoms with Crippen molar-refractivity contribution in [1.29, 1.82) is 0 Å². The molecule has 0 fully saturated rings. The zero-order valence-corrected chi connectivity index (χ0v) is 14.0. The van der Waals surface area contributed by atoms with Gasteiger partial charge in [-0.1, -0.05) is 35.3 Å². The third-order valence-electron chi connectivity index (χ3n) is 3.71. The number of hydrogen-bond donors (Lipinski definition) is 1. The van der Waals surface area contributed by atoms with E-state index in [0.29, 0.717) is 22.4 Å². The molecule has 3 aromatic heterocycles. The first-order valence-corrected chi connectivity index (χ1v) is 7.89. The van der Waals surface area contributed by atoms with E-state index in [1.165, 1.54) is 0 Å². The Balaban J connectivity index is 1.83. The van der Waals surface area contributed by atoms with E-state index < -0.39 is 0 Å². The summed E-state index contributed by atoms with van der Waals surface area (Å²) in [6, 6.07) is 7.49. The SMILES string of the molecule is Cc1nn(Cc2cccc(Cl)c2Cl)c2cc(-c3nn[nH]n3)cnc12. The predicted molar refractivity (Wildman–Crippen MR) is 91.0 cm³/mol. The normalized spacial score (nSPS) is 11.3. The first kappa shape index (κ1) is 15.0. The van der Waals surface area contributed by atoms with E-state index in [4.69, 9.17) is 23.2 Å². The Labute approximate surface area is 146 Å². The molecular weight excluding hydrogens is 349 g/mol. The molecule has 4 rings (SSSR count). The zero-order chi connectivity index (χ0) is 16.7. The van der Waals surface area contributed by atoms with Crippen LogP contribution in [0.15, 0.2) is 30.5 Å². The number of nitrogens with one attached hydrogen (secondary N) is 1. The second-order valence-corrected chi connectivity index (χ2v) is 6.07. The standard InChI is InChI=1S/C15H11Cl2N7/c1-8-14-12(5-10(6-18-14)15-19-22-23-20-15)24(21-8)7-9-3-2-4-11(16)13(9)17/h2-6H,7H2,1H3,(H,19,20,22,23). The number of benzene rings is 1. The van der Waals surface area contributed by atoms with E-state index in [1.807, 2.05) is 29.8 Å². The predicted octanol–water partition coefficient (Wildman–Crippen LogP) is 3.27. The van der Waals surface area contributed by atoms with Crippen LogP contribution < -0.4 is 0 Å². The van der Waals surface area contributed by atoms with Gasteiger partial charge in [-0.15, -0.1) is 10.2 Å². The molecule has 4 aromatic rings. The van der Waals surface area contributed by atoms with E-state index in [1.54, 1.807) is 12.3 Å². The number of H-pyrrole nitrogens is 1. The van der Waals surface area contributed by atoms with Gasteiger partial charge >= 0.3 is 0 Å². The molecule has 0 saturated carbocycles. The summed E-state index contributed by atoms with van der Waals surface area (Å²) < 4.78 is 1.85. The van der Waals surface area contributed by atoms with Gasteiger partial charge in [0, 0.05) is 11.8 Å². The van der Waals surface area contributed by atoms with Crippen LogP contribution in [0.25, 0.3) is 22.4 Å². The summed E-state index contributed by atoms with van der Waals surface area (Å²) in [4.78, 5) is 4.47. The number of fused-ring (bicyclic) bond motifs is 1. The van der Waals surface area contributed by atoms with Crippen molar-refractivity contribution in [2.24, 2.45) is 0 Å². The zero-order valence-electron chi connectivity index (χ0n) is 12.5. The highest BCUT2D eigenvalue weighted by molar-refractivity contribution is 6.42. The summed E-state index contributed by atoms with van der Waals surface area (Å²) >= 11 is 12.4. The lowest BCUT2D eigenvalue weighted by molar-refractivity contribution is 0.703. The van der Waals surface area contributed by atoms with Gasteiger partial charge < -0.3 is 0 Å². The van der Waals surface area contributed by atoms with Crippen LogP contribution in [0.2, 0.25) is 10.0 Å². The van der Waals surface area contributed by atoms with Crippen molar-refractivity contribution in [3.05, 3.63) is 51.8 Å². The van der Waals surface area contributed by atoms with Crippen LogP contribution in [0.4, 0.5) is 0 Å². The minimum atomic E-state index is 0.482. The van der Waals surface area contributed by atoms with Crippen LogP contribution in [-0.4, -0.2) is 35.4 Å². The molecule has 0 spiro atoms. The van der Waals surface area contributed by atoms with Crippen LogP contribution in [0.3, 0.4) is 0 Å². The number of aryl methyl sites for hydroxylation is 1. The third kappa shape index (κ3) is 2.51. The molecule has 0 aliphatic heterocycles. The fourth-order valence-corrected chi connectivity index (χ4v) is 2.95. The lowest BCUT2D eigenvalue weighted by Crippen LogP contribution is -2.03. The number of pyridine rings is 1. The molecule has 9 heteroatoms. The summed E-state index contributed by atoms with van der Waals surface area (Å²) in [5.41, 5.74) is 4.17. The lowest BCUT2D eigenvalue weighted by Gasteiger charge is -2.07. The van der Waals surface area contributed by atoms with Gasteiger partial charge in [0.1, 0.15) is 5.52 Å². The fraction of sp³-hybridized carbons (Fsp3) is 0.133. The first-order valence-electron chi connectivity index (χ1n) is 7.13. The molecule has 0 unspecified atom stereocenters. The number of halogens is 2. The number of hydrogen-bond acceptors (Lipinski definition) is 5. The van der Waals surface area contributed by atoms with Gasteiger partial charge in [-0.05, 0) is 29.8 Å². The van der Waals surface area contributed by atoms with Crippen molar-refractivity contribution in [3.8, 4) is 11.4 Å². The quantitative estimate of drug-likeness (QED) is 0.606. The van der Waals surface area contributed by atoms with Crippen molar-refractivity contribution in [3.63, 3.8) is 0 Å². The van der Waals surface area contributed by atoms with Crippen molar-refractivity contribution >= 4 is 34.2 Å². The Morgan fingerprint density at radius 3 is 2.92 bits per heavy atom. The number of rotatable bonds is 3. The maximum Gasteiger partial charge on any atom is 0.206 e. The topological polar surface area (TPSA) is 85.2 Å². The summed E-state index contributed by atoms with van der Waals surface area (Å²) in [5, 5.41) is 19.6. The Kier molecular flexibility index (Phi) is 3.66. The van der Waals surface area contributed by atoms with Crippen molar-refractivity contribution in [2.45, 2.75) is 13.5 Å². The highest BCUT2D eigenvalue weighted by atomic mass is 35.5. The van der Waals surface area contributed by atoms with Gasteiger partial charge in [0.2, 0.25) is 5.82 Å². The average molecular weight is 360 g/mol. The Morgan fingerprint density at radius 1 is 1.25 bits per heavy atom. The van der Waals surface area contributed by atoms with Gasteiger partial charge in [-0.25, -0.2) is 0 Å². The maximum atomic E-state index is 6.29. The molecule has 0 atom stereocenters. The molecule has 0 saturated heterocycles. The molecule has 120 valence electrons. The second-order valence-electron chi connectivity index (χ2n) is 5.28. The average Bonchev–Trinajstić information content (AvgIpc) is 3.21. The van der Waals surface area contributed by atoms with E-state index in [9.17, 15) is 0 Å². The maximum absolute atomic E-state index is 6.29. The van der Waals surface area contributed by atoms with Gasteiger partial charge in [-0.3, -0.25) is 9.67 Å². The smallest absolute Gasteiger partial charge is 0.206 e. The van der Waals surface area contributed by atoms with Gasteiger partial charge in [0.05, 0.1) is 27.8 Å². The molecule has 1 aromatic carbocycles. The van der Waals surface area contributed by atoms with E-state index in [2.05, 4.69) is 30.7 Å². The van der Waals surface area contributed by atoms with E-state index in [-0.39, 0.29) is 0 Å². The minimum Gasteiger partial charge on any atom is -0.258 e. The number of aromatic nitrogens is 7. The summed E-state index contributed by atoms with van der Waals surface area (Å²) in [7, 11) is 0. The van der Waals surface area contributed by atoms with Gasteiger partial charge in [-0.2, -0.15) is 10.3 Å². The molecule has 0 aliphatic carbocycles. The molecule has 0 radical (unpaired) electrons. The summed E-state index contributed by atoms with van der Waals surface area (Å²) in [6.45, 7) is 2.40. The molecule has 7 nitrogen and oxygen atoms in total. The van der Waals surface area contributed by atoms with Crippen LogP contribution >= 0.6 is 23.2 Å². The van der Waals surface area contributed by atoms with Crippen molar-refractivity contribution < 1.29 is 0 Å². The Bertz CT molecular complexity index is 1020. The molecule has 1 N–H and O–H groups in total. The van der Waals surface area contributed by atoms with Crippen LogP contribution in [0.1, 0.15) is 11.3 Å². The number of nitrogens with zero attached hydrogens (tertiary/aromatic N) is 6. The van der Waals surface area contributed by atoms with Crippen LogP contribution in [-0.2, 0) is 6.54 Å². The Hall–Kier alpha value is -2.51. The molecule has 0 aliphatic rings. The summed E-state index contributed by atoms with van der Waals surface area (Å²) in [5.74, 6) is 0.482. The van der Waals surface area contributed by atoms with Crippen molar-refractivity contribution in [1.82, 2.24) is 35.4 Å². The number of aromatic amines is 1. The highest BCUT2D eigenvalue weighted by Gasteiger charge is 2.14. The van der Waals surface area contributed by atoms with Gasteiger partial charge in [0.15, 0.2) is 0 Å². The highest BCUT2D eigenvalue weighted by Crippen LogP contribution is 2.28. The lowest BCUT2D eigenvalue weighted by atomic mass is 10.2. The monoisotopic (exact) mass is 359 g/mol. The molecule has 0 amide bonds. The summed E-state index contributed by atoms with van der Waals surface area (Å²) in [6.07, 6.45) is 1.71. The third-order valence-corrected chi connectivity index (χ3v) is 4.57. The largest absolute Gasteiger partial charge is 0.258 e. The van der Waals surface area contributed by atoms with Crippen LogP contribution in [0.5, 0.6) is 0 Å². The first-order chi connectivity index (χ1) is 11.6. The second kappa shape index (κ2) is 5.85. The molecular formula is C15H11Cl2N7. The number of tetrazole rings is 1. The van der Waals surface area contributed by atoms with E-state index >= 15 is 0 Å². The van der Waals surface area contributed by atoms with E-state index in [0.717, 1.165) is 27.9 Å². The minimum absolute atomic E-state index is 0.482.